The van der Waals surface area contributed by atoms with Crippen LogP contribution in [0, 0.1) is 0 Å². The molecule has 0 aromatic heterocycles. The third-order valence-electron chi connectivity index (χ3n) is 5.17. The molecule has 1 saturated carbocycles. The highest BCUT2D eigenvalue weighted by molar-refractivity contribution is 7.88. The Morgan fingerprint density at radius 1 is 1.12 bits per heavy atom. The zero-order chi connectivity index (χ0) is 17.0. The Labute approximate surface area is 145 Å². The summed E-state index contributed by atoms with van der Waals surface area (Å²) in [5.74, 6) is 0.648. The second kappa shape index (κ2) is 7.95. The topological polar surface area (TPSA) is 67.4 Å². The molecule has 0 radical (unpaired) electrons. The number of nitrogens with one attached hydrogen (secondary N) is 2. The quantitative estimate of drug-likeness (QED) is 0.822. The van der Waals surface area contributed by atoms with Gasteiger partial charge in [-0.3, -0.25) is 0 Å². The first-order chi connectivity index (χ1) is 11.5. The zero-order valence-corrected chi connectivity index (χ0v) is 15.1. The van der Waals surface area contributed by atoms with Crippen LogP contribution in [0.4, 0.5) is 0 Å². The minimum absolute atomic E-state index is 0.0549. The van der Waals surface area contributed by atoms with Crippen LogP contribution in [-0.4, -0.2) is 46.0 Å². The van der Waals surface area contributed by atoms with E-state index in [4.69, 9.17) is 4.74 Å². The zero-order valence-electron chi connectivity index (χ0n) is 14.3. The van der Waals surface area contributed by atoms with E-state index in [1.807, 2.05) is 0 Å². The molecule has 0 amide bonds. The number of hydrogen-bond donors (Lipinski definition) is 2. The van der Waals surface area contributed by atoms with Crippen molar-refractivity contribution in [3.63, 3.8) is 0 Å². The van der Waals surface area contributed by atoms with Gasteiger partial charge in [-0.1, -0.05) is 30.3 Å². The maximum absolute atomic E-state index is 11.4. The monoisotopic (exact) mass is 352 g/mol. The molecule has 3 rings (SSSR count). The second-order valence-electron chi connectivity index (χ2n) is 7.06. The second-order valence-corrected chi connectivity index (χ2v) is 8.84. The first kappa shape index (κ1) is 17.9. The van der Waals surface area contributed by atoms with Crippen molar-refractivity contribution in [2.45, 2.75) is 56.2 Å². The van der Waals surface area contributed by atoms with Gasteiger partial charge in [-0.05, 0) is 50.1 Å². The molecular weight excluding hydrogens is 324 g/mol. The molecule has 6 heteroatoms. The highest BCUT2D eigenvalue weighted by Crippen LogP contribution is 2.34. The molecule has 24 heavy (non-hydrogen) atoms. The van der Waals surface area contributed by atoms with Crippen molar-refractivity contribution in [2.75, 3.05) is 19.4 Å². The van der Waals surface area contributed by atoms with Crippen LogP contribution >= 0.6 is 0 Å². The molecule has 2 aliphatic rings. The van der Waals surface area contributed by atoms with E-state index < -0.39 is 10.0 Å². The SMILES string of the molecule is CS(=O)(=O)NC1CCNC1CO[C@H]1CC[C@@H](c2ccccc2)CC1. The van der Waals surface area contributed by atoms with Gasteiger partial charge in [-0.15, -0.1) is 0 Å². The lowest BCUT2D eigenvalue weighted by Gasteiger charge is -2.30. The molecule has 1 aromatic carbocycles. The average Bonchev–Trinajstić information content (AvgIpc) is 2.99. The molecule has 0 spiro atoms. The van der Waals surface area contributed by atoms with Crippen molar-refractivity contribution in [1.29, 1.82) is 0 Å². The van der Waals surface area contributed by atoms with Crippen LogP contribution in [0.15, 0.2) is 30.3 Å². The standard InChI is InChI=1S/C18H28N2O3S/c1-24(21,22)20-17-11-12-19-18(17)13-23-16-9-7-15(8-10-16)14-5-3-2-4-6-14/h2-6,15-20H,7-13H2,1H3/t15-,16+,17?,18?. The Hall–Kier alpha value is -0.950. The molecule has 1 aliphatic heterocycles. The van der Waals surface area contributed by atoms with E-state index in [0.717, 1.165) is 38.6 Å². The fourth-order valence-corrected chi connectivity index (χ4v) is 4.72. The van der Waals surface area contributed by atoms with Gasteiger partial charge in [-0.25, -0.2) is 13.1 Å². The van der Waals surface area contributed by atoms with Crippen LogP contribution in [0.5, 0.6) is 0 Å². The minimum atomic E-state index is -3.17. The first-order valence-corrected chi connectivity index (χ1v) is 10.8. The molecule has 0 bridgehead atoms. The van der Waals surface area contributed by atoms with Gasteiger partial charge in [0.1, 0.15) is 0 Å². The van der Waals surface area contributed by atoms with E-state index in [1.165, 1.54) is 11.8 Å². The summed E-state index contributed by atoms with van der Waals surface area (Å²) < 4.78 is 31.7. The van der Waals surface area contributed by atoms with Gasteiger partial charge in [0, 0.05) is 12.1 Å². The third-order valence-corrected chi connectivity index (χ3v) is 5.90. The highest BCUT2D eigenvalue weighted by atomic mass is 32.2. The molecular formula is C18H28N2O3S. The normalized spacial score (nSPS) is 31.2. The third kappa shape index (κ3) is 5.02. The van der Waals surface area contributed by atoms with Gasteiger partial charge in [-0.2, -0.15) is 0 Å². The Morgan fingerprint density at radius 3 is 2.50 bits per heavy atom. The Balaban J connectivity index is 1.43. The number of rotatable bonds is 6. The average molecular weight is 353 g/mol. The fraction of sp³-hybridized carbons (Fsp3) is 0.667. The van der Waals surface area contributed by atoms with Crippen LogP contribution in [0.2, 0.25) is 0 Å². The van der Waals surface area contributed by atoms with E-state index in [9.17, 15) is 8.42 Å². The Kier molecular flexibility index (Phi) is 5.92. The number of ether oxygens (including phenoxy) is 1. The van der Waals surface area contributed by atoms with Crippen molar-refractivity contribution in [3.05, 3.63) is 35.9 Å². The molecule has 134 valence electrons. The van der Waals surface area contributed by atoms with Crippen LogP contribution in [0.3, 0.4) is 0 Å². The Bertz CT molecular complexity index is 612. The molecule has 2 atom stereocenters. The summed E-state index contributed by atoms with van der Waals surface area (Å²) >= 11 is 0. The number of sulfonamides is 1. The van der Waals surface area contributed by atoms with Gasteiger partial charge >= 0.3 is 0 Å². The highest BCUT2D eigenvalue weighted by Gasteiger charge is 2.30. The van der Waals surface area contributed by atoms with Crippen molar-refractivity contribution < 1.29 is 13.2 Å². The summed E-state index contributed by atoms with van der Waals surface area (Å²) in [5.41, 5.74) is 1.44. The molecule has 2 N–H and O–H groups in total. The molecule has 1 heterocycles. The molecule has 1 saturated heterocycles. The number of benzene rings is 1. The van der Waals surface area contributed by atoms with Crippen LogP contribution in [-0.2, 0) is 14.8 Å². The molecule has 2 unspecified atom stereocenters. The van der Waals surface area contributed by atoms with Gasteiger partial charge in [0.05, 0.1) is 19.0 Å². The predicted molar refractivity (Wildman–Crippen MR) is 95.6 cm³/mol. The lowest BCUT2D eigenvalue weighted by atomic mass is 9.83. The van der Waals surface area contributed by atoms with Crippen LogP contribution in [0.25, 0.3) is 0 Å². The lowest BCUT2D eigenvalue weighted by Crippen LogP contribution is -2.46. The van der Waals surface area contributed by atoms with Gasteiger partial charge in [0.2, 0.25) is 10.0 Å². The smallest absolute Gasteiger partial charge is 0.209 e. The van der Waals surface area contributed by atoms with E-state index >= 15 is 0 Å². The summed E-state index contributed by atoms with van der Waals surface area (Å²) in [5, 5.41) is 3.35. The van der Waals surface area contributed by atoms with E-state index in [1.54, 1.807) is 0 Å². The maximum atomic E-state index is 11.4. The minimum Gasteiger partial charge on any atom is -0.377 e. The van der Waals surface area contributed by atoms with Crippen molar-refractivity contribution in [1.82, 2.24) is 10.0 Å². The van der Waals surface area contributed by atoms with Crippen LogP contribution in [0.1, 0.15) is 43.6 Å². The van der Waals surface area contributed by atoms with Crippen molar-refractivity contribution in [3.8, 4) is 0 Å². The largest absolute Gasteiger partial charge is 0.377 e. The van der Waals surface area contributed by atoms with Gasteiger partial charge in [0.15, 0.2) is 0 Å². The predicted octanol–water partition coefficient (Wildman–Crippen LogP) is 2.01. The summed E-state index contributed by atoms with van der Waals surface area (Å²) in [6, 6.07) is 10.7. The van der Waals surface area contributed by atoms with E-state index in [0.29, 0.717) is 18.6 Å². The maximum Gasteiger partial charge on any atom is 0.209 e. The first-order valence-electron chi connectivity index (χ1n) is 8.88. The molecule has 1 aliphatic carbocycles. The summed E-state index contributed by atoms with van der Waals surface area (Å²) in [6.07, 6.45) is 6.82. The summed E-state index contributed by atoms with van der Waals surface area (Å²) in [4.78, 5) is 0. The Morgan fingerprint density at radius 2 is 1.83 bits per heavy atom. The van der Waals surface area contributed by atoms with Crippen LogP contribution < -0.4 is 10.0 Å². The summed E-state index contributed by atoms with van der Waals surface area (Å²) in [7, 11) is -3.17. The lowest BCUT2D eigenvalue weighted by molar-refractivity contribution is 0.0126. The molecule has 2 fully saturated rings. The number of hydrogen-bond acceptors (Lipinski definition) is 4. The van der Waals surface area contributed by atoms with Gasteiger partial charge in [0.25, 0.3) is 0 Å². The van der Waals surface area contributed by atoms with Crippen molar-refractivity contribution >= 4 is 10.0 Å². The fourth-order valence-electron chi connectivity index (χ4n) is 3.89. The van der Waals surface area contributed by atoms with E-state index in [-0.39, 0.29) is 12.1 Å². The van der Waals surface area contributed by atoms with Crippen molar-refractivity contribution in [2.24, 2.45) is 0 Å². The van der Waals surface area contributed by atoms with E-state index in [2.05, 4.69) is 40.4 Å². The van der Waals surface area contributed by atoms with Gasteiger partial charge < -0.3 is 10.1 Å². The summed E-state index contributed by atoms with van der Waals surface area (Å²) in [6.45, 7) is 1.41. The molecule has 5 nitrogen and oxygen atoms in total. The molecule has 1 aromatic rings.